The van der Waals surface area contributed by atoms with Crippen LogP contribution in [0.2, 0.25) is 0 Å². The van der Waals surface area contributed by atoms with Crippen molar-refractivity contribution in [1.29, 1.82) is 0 Å². The molecule has 0 N–H and O–H groups in total. The van der Waals surface area contributed by atoms with Crippen LogP contribution in [0.15, 0.2) is 0 Å². The number of hydrogen-bond donors (Lipinski definition) is 0. The van der Waals surface area contributed by atoms with E-state index in [1.165, 1.54) is 44.9 Å². The Balaban J connectivity index is 0. The average Bonchev–Trinajstić information content (AvgIpc) is 2.27. The summed E-state index contributed by atoms with van der Waals surface area (Å²) >= 11 is 0. The molecule has 0 spiro atoms. The Morgan fingerprint density at radius 3 is 1.88 bits per heavy atom. The van der Waals surface area contributed by atoms with Crippen LogP contribution in [0.5, 0.6) is 0 Å². The van der Waals surface area contributed by atoms with Crippen LogP contribution < -0.4 is 0 Å². The molecule has 0 fully saturated rings. The molecular weight excluding hydrogens is 243 g/mol. The van der Waals surface area contributed by atoms with Gasteiger partial charge in [-0.25, -0.2) is 0 Å². The third-order valence-corrected chi connectivity index (χ3v) is 2.66. The van der Waals surface area contributed by atoms with E-state index in [4.69, 9.17) is 0 Å². The number of esters is 1. The number of unbranched alkanes of at least 4 members (excludes halogenated alkanes) is 8. The zero-order valence-electron chi connectivity index (χ0n) is 10.4. The molecule has 0 saturated carbocycles. The van der Waals surface area contributed by atoms with Gasteiger partial charge in [0, 0.05) is 6.42 Å². The Morgan fingerprint density at radius 2 is 1.41 bits per heavy atom. The van der Waals surface area contributed by atoms with Crippen molar-refractivity contribution < 1.29 is 14.3 Å². The van der Waals surface area contributed by atoms with Gasteiger partial charge in [-0.15, -0.1) is 0 Å². The standard InChI is InChI=1S/C13H24O3.K.H/c1-2-3-4-5-6-7-8-9-10-11-13(15)16-12-14;;/h12H,2-11H2,1H3;;. The maximum atomic E-state index is 10.8. The van der Waals surface area contributed by atoms with Crippen molar-refractivity contribution in [2.24, 2.45) is 0 Å². The summed E-state index contributed by atoms with van der Waals surface area (Å²) in [5, 5.41) is 0. The van der Waals surface area contributed by atoms with Crippen molar-refractivity contribution in [2.75, 3.05) is 0 Å². The van der Waals surface area contributed by atoms with Gasteiger partial charge in [0.05, 0.1) is 0 Å². The molecule has 0 unspecified atom stereocenters. The molecule has 0 radical (unpaired) electrons. The van der Waals surface area contributed by atoms with Crippen molar-refractivity contribution in [2.45, 2.75) is 71.1 Å². The number of rotatable bonds is 11. The van der Waals surface area contributed by atoms with Gasteiger partial charge in [-0.2, -0.15) is 0 Å². The fourth-order valence-electron chi connectivity index (χ4n) is 1.69. The van der Waals surface area contributed by atoms with E-state index in [2.05, 4.69) is 11.7 Å². The second kappa shape index (κ2) is 16.8. The first-order chi connectivity index (χ1) is 7.81. The molecule has 4 heteroatoms. The summed E-state index contributed by atoms with van der Waals surface area (Å²) in [7, 11) is 0. The fraction of sp³-hybridized carbons (Fsp3) is 0.846. The number of hydrogen-bond acceptors (Lipinski definition) is 3. The van der Waals surface area contributed by atoms with E-state index in [9.17, 15) is 9.59 Å². The third-order valence-electron chi connectivity index (χ3n) is 2.66. The minimum atomic E-state index is -0.405. The molecule has 0 amide bonds. The Bertz CT molecular complexity index is 184. The summed E-state index contributed by atoms with van der Waals surface area (Å²) in [5.74, 6) is -0.405. The molecule has 0 aromatic carbocycles. The molecule has 0 aromatic rings. The summed E-state index contributed by atoms with van der Waals surface area (Å²) < 4.78 is 4.19. The van der Waals surface area contributed by atoms with Crippen LogP contribution >= 0.6 is 0 Å². The van der Waals surface area contributed by atoms with Gasteiger partial charge in [0.25, 0.3) is 0 Å². The molecule has 0 rings (SSSR count). The predicted octanol–water partition coefficient (Wildman–Crippen LogP) is 2.96. The first-order valence-electron chi connectivity index (χ1n) is 6.44. The summed E-state index contributed by atoms with van der Waals surface area (Å²) in [6.45, 7) is 2.43. The average molecular weight is 268 g/mol. The molecular formula is C13H25KO3. The van der Waals surface area contributed by atoms with Crippen molar-refractivity contribution in [3.63, 3.8) is 0 Å². The van der Waals surface area contributed by atoms with Gasteiger partial charge in [-0.3, -0.25) is 9.59 Å². The monoisotopic (exact) mass is 268 g/mol. The normalized spacial score (nSPS) is 9.47. The summed E-state index contributed by atoms with van der Waals surface area (Å²) in [6, 6.07) is 0. The molecule has 3 nitrogen and oxygen atoms in total. The summed E-state index contributed by atoms with van der Waals surface area (Å²) in [6.07, 6.45) is 11.3. The van der Waals surface area contributed by atoms with Crippen LogP contribution in [-0.2, 0) is 14.3 Å². The van der Waals surface area contributed by atoms with E-state index in [1.807, 2.05) is 0 Å². The SMILES string of the molecule is CCCCCCCCCCCC(=O)OC=O.[KH]. The van der Waals surface area contributed by atoms with Gasteiger partial charge < -0.3 is 4.74 Å². The van der Waals surface area contributed by atoms with Gasteiger partial charge in [-0.05, 0) is 6.42 Å². The Hall–Kier alpha value is 0.776. The van der Waals surface area contributed by atoms with Crippen molar-refractivity contribution in [3.05, 3.63) is 0 Å². The van der Waals surface area contributed by atoms with Crippen molar-refractivity contribution in [1.82, 2.24) is 0 Å². The molecule has 0 atom stereocenters. The summed E-state index contributed by atoms with van der Waals surface area (Å²) in [4.78, 5) is 20.6. The Kier molecular flexibility index (Phi) is 19.8. The molecule has 0 heterocycles. The first-order valence-corrected chi connectivity index (χ1v) is 6.44. The topological polar surface area (TPSA) is 43.4 Å². The van der Waals surface area contributed by atoms with E-state index >= 15 is 0 Å². The predicted molar refractivity (Wildman–Crippen MR) is 71.1 cm³/mol. The molecule has 0 saturated heterocycles. The summed E-state index contributed by atoms with van der Waals surface area (Å²) in [5.41, 5.74) is 0. The van der Waals surface area contributed by atoms with Crippen LogP contribution in [0.25, 0.3) is 0 Å². The van der Waals surface area contributed by atoms with Crippen molar-refractivity contribution in [3.8, 4) is 0 Å². The Morgan fingerprint density at radius 1 is 0.941 bits per heavy atom. The van der Waals surface area contributed by atoms with E-state index in [1.54, 1.807) is 0 Å². The number of carbonyl (C=O) groups excluding carboxylic acids is 2. The molecule has 0 aliphatic rings. The van der Waals surface area contributed by atoms with E-state index in [-0.39, 0.29) is 57.9 Å². The van der Waals surface area contributed by atoms with Crippen molar-refractivity contribution >= 4 is 63.8 Å². The fourth-order valence-corrected chi connectivity index (χ4v) is 1.69. The quantitative estimate of drug-likeness (QED) is 0.190. The van der Waals surface area contributed by atoms with Crippen LogP contribution in [0.1, 0.15) is 71.1 Å². The third kappa shape index (κ3) is 16.8. The van der Waals surface area contributed by atoms with E-state index < -0.39 is 5.97 Å². The number of carbonyl (C=O) groups is 2. The Labute approximate surface area is 147 Å². The van der Waals surface area contributed by atoms with Gasteiger partial charge in [0.15, 0.2) is 0 Å². The van der Waals surface area contributed by atoms with Crippen LogP contribution in [0, 0.1) is 0 Å². The van der Waals surface area contributed by atoms with Gasteiger partial charge in [0.1, 0.15) is 0 Å². The number of ether oxygens (including phenoxy) is 1. The maximum absolute atomic E-state index is 10.8. The van der Waals surface area contributed by atoms with Gasteiger partial charge in [-0.1, -0.05) is 58.3 Å². The van der Waals surface area contributed by atoms with Gasteiger partial charge >= 0.3 is 63.8 Å². The van der Waals surface area contributed by atoms with E-state index in [0.717, 1.165) is 12.8 Å². The molecule has 0 aliphatic heterocycles. The first kappa shape index (κ1) is 20.1. The molecule has 0 aliphatic carbocycles. The zero-order valence-corrected chi connectivity index (χ0v) is 10.4. The molecule has 0 aromatic heterocycles. The second-order valence-corrected chi connectivity index (χ2v) is 4.16. The van der Waals surface area contributed by atoms with Crippen LogP contribution in [0.4, 0.5) is 0 Å². The van der Waals surface area contributed by atoms with Gasteiger partial charge in [0.2, 0.25) is 0 Å². The molecule has 17 heavy (non-hydrogen) atoms. The molecule has 96 valence electrons. The minimum absolute atomic E-state index is 0. The van der Waals surface area contributed by atoms with Crippen LogP contribution in [-0.4, -0.2) is 63.8 Å². The second-order valence-electron chi connectivity index (χ2n) is 4.16. The van der Waals surface area contributed by atoms with E-state index in [0.29, 0.717) is 6.42 Å². The molecule has 0 bridgehead atoms. The van der Waals surface area contributed by atoms with Crippen LogP contribution in [0.3, 0.4) is 0 Å². The zero-order chi connectivity index (χ0) is 12.1.